The molecule has 0 aliphatic carbocycles. The highest BCUT2D eigenvalue weighted by atomic mass is 16.6. The number of nitrogens with one attached hydrogen (secondary N) is 1. The summed E-state index contributed by atoms with van der Waals surface area (Å²) in [6.07, 6.45) is 0. The molecule has 0 saturated carbocycles. The van der Waals surface area contributed by atoms with E-state index < -0.39 is 28.5 Å². The number of amides is 2. The van der Waals surface area contributed by atoms with Gasteiger partial charge in [0.25, 0.3) is 5.91 Å². The second kappa shape index (κ2) is 5.13. The Labute approximate surface area is 102 Å². The average molecular weight is 252 g/mol. The Kier molecular flexibility index (Phi) is 3.82. The van der Waals surface area contributed by atoms with Crippen molar-refractivity contribution in [2.45, 2.75) is 13.0 Å². The number of nitrogens with two attached hydrogens (primary N) is 2. The number of nitro benzene ring substituents is 1. The van der Waals surface area contributed by atoms with Gasteiger partial charge in [0.05, 0.1) is 4.92 Å². The van der Waals surface area contributed by atoms with Gasteiger partial charge in [0.2, 0.25) is 5.91 Å². The fourth-order valence-electron chi connectivity index (χ4n) is 1.29. The fraction of sp³-hybridized carbons (Fsp3) is 0.200. The van der Waals surface area contributed by atoms with Gasteiger partial charge >= 0.3 is 5.69 Å². The molecule has 1 unspecified atom stereocenters. The molecule has 8 nitrogen and oxygen atoms in total. The molecular formula is C10H12N4O4. The van der Waals surface area contributed by atoms with E-state index in [2.05, 4.69) is 5.32 Å². The average Bonchev–Trinajstić information content (AvgIpc) is 2.27. The van der Waals surface area contributed by atoms with Crippen molar-refractivity contribution in [3.63, 3.8) is 0 Å². The van der Waals surface area contributed by atoms with Crippen LogP contribution in [0.1, 0.15) is 17.3 Å². The zero-order valence-electron chi connectivity index (χ0n) is 9.54. The van der Waals surface area contributed by atoms with Crippen LogP contribution in [0.2, 0.25) is 0 Å². The highest BCUT2D eigenvalue weighted by Gasteiger charge is 2.24. The van der Waals surface area contributed by atoms with Gasteiger partial charge < -0.3 is 16.8 Å². The van der Waals surface area contributed by atoms with E-state index in [-0.39, 0.29) is 11.3 Å². The normalized spacial score (nSPS) is 11.6. The molecule has 0 aliphatic rings. The Bertz CT molecular complexity index is 515. The maximum atomic E-state index is 11.8. The molecule has 1 aromatic rings. The van der Waals surface area contributed by atoms with E-state index in [9.17, 15) is 19.7 Å². The molecule has 1 rings (SSSR count). The highest BCUT2D eigenvalue weighted by Crippen LogP contribution is 2.25. The molecule has 0 heterocycles. The lowest BCUT2D eigenvalue weighted by molar-refractivity contribution is -0.384. The number of para-hydroxylation sites is 1. The van der Waals surface area contributed by atoms with E-state index in [0.29, 0.717) is 0 Å². The molecule has 0 spiro atoms. The number of nitro groups is 1. The Morgan fingerprint density at radius 3 is 2.56 bits per heavy atom. The quantitative estimate of drug-likeness (QED) is 0.386. The molecule has 0 radical (unpaired) electrons. The number of benzene rings is 1. The predicted octanol–water partition coefficient (Wildman–Crippen LogP) is -0.219. The third-order valence-corrected chi connectivity index (χ3v) is 2.27. The van der Waals surface area contributed by atoms with Crippen molar-refractivity contribution in [2.24, 2.45) is 5.73 Å². The van der Waals surface area contributed by atoms with Crippen LogP contribution in [0.4, 0.5) is 11.4 Å². The van der Waals surface area contributed by atoms with Gasteiger partial charge in [-0.3, -0.25) is 19.7 Å². The van der Waals surface area contributed by atoms with E-state index in [0.717, 1.165) is 0 Å². The summed E-state index contributed by atoms with van der Waals surface area (Å²) in [5.74, 6) is -1.52. The minimum absolute atomic E-state index is 0.126. The number of hydrogen-bond acceptors (Lipinski definition) is 5. The molecule has 5 N–H and O–H groups in total. The first-order chi connectivity index (χ1) is 8.34. The number of primary amides is 1. The first-order valence-electron chi connectivity index (χ1n) is 4.97. The molecule has 1 aromatic carbocycles. The van der Waals surface area contributed by atoms with Crippen molar-refractivity contribution in [1.82, 2.24) is 5.32 Å². The zero-order chi connectivity index (χ0) is 13.9. The van der Waals surface area contributed by atoms with Gasteiger partial charge in [0, 0.05) is 0 Å². The van der Waals surface area contributed by atoms with Crippen molar-refractivity contribution in [2.75, 3.05) is 5.73 Å². The van der Waals surface area contributed by atoms with Gasteiger partial charge in [-0.25, -0.2) is 0 Å². The van der Waals surface area contributed by atoms with Crippen LogP contribution in [0.25, 0.3) is 0 Å². The first kappa shape index (κ1) is 13.4. The lowest BCUT2D eigenvalue weighted by Gasteiger charge is -2.10. The third-order valence-electron chi connectivity index (χ3n) is 2.27. The number of hydrogen-bond donors (Lipinski definition) is 3. The largest absolute Gasteiger partial charge is 0.393 e. The number of nitrogen functional groups attached to an aromatic ring is 1. The maximum absolute atomic E-state index is 11.8. The topological polar surface area (TPSA) is 141 Å². The van der Waals surface area contributed by atoms with Crippen LogP contribution in [0.15, 0.2) is 18.2 Å². The van der Waals surface area contributed by atoms with Crippen LogP contribution in [-0.2, 0) is 4.79 Å². The van der Waals surface area contributed by atoms with Gasteiger partial charge in [-0.1, -0.05) is 6.07 Å². The number of carbonyl (C=O) groups excluding carboxylic acids is 2. The van der Waals surface area contributed by atoms with Crippen LogP contribution < -0.4 is 16.8 Å². The van der Waals surface area contributed by atoms with Gasteiger partial charge in [-0.2, -0.15) is 0 Å². The van der Waals surface area contributed by atoms with Crippen LogP contribution in [0.5, 0.6) is 0 Å². The van der Waals surface area contributed by atoms with E-state index in [1.165, 1.54) is 25.1 Å². The molecule has 18 heavy (non-hydrogen) atoms. The lowest BCUT2D eigenvalue weighted by Crippen LogP contribution is -2.42. The van der Waals surface area contributed by atoms with Crippen LogP contribution in [-0.4, -0.2) is 22.8 Å². The van der Waals surface area contributed by atoms with Crippen molar-refractivity contribution in [3.8, 4) is 0 Å². The summed E-state index contributed by atoms with van der Waals surface area (Å²) >= 11 is 0. The Balaban J connectivity index is 3.10. The summed E-state index contributed by atoms with van der Waals surface area (Å²) in [6.45, 7) is 1.37. The van der Waals surface area contributed by atoms with E-state index in [1.54, 1.807) is 0 Å². The molecule has 0 bridgehead atoms. The van der Waals surface area contributed by atoms with Crippen molar-refractivity contribution < 1.29 is 14.5 Å². The summed E-state index contributed by atoms with van der Waals surface area (Å²) in [6, 6.07) is 3.04. The molecule has 0 aliphatic heterocycles. The number of carbonyl (C=O) groups is 2. The summed E-state index contributed by atoms with van der Waals surface area (Å²) in [5.41, 5.74) is 9.58. The van der Waals surface area contributed by atoms with Crippen molar-refractivity contribution in [3.05, 3.63) is 33.9 Å². The summed E-state index contributed by atoms with van der Waals surface area (Å²) in [7, 11) is 0. The van der Waals surface area contributed by atoms with E-state index in [1.807, 2.05) is 0 Å². The predicted molar refractivity (Wildman–Crippen MR) is 63.6 cm³/mol. The smallest absolute Gasteiger partial charge is 0.304 e. The Morgan fingerprint density at radius 2 is 2.06 bits per heavy atom. The lowest BCUT2D eigenvalue weighted by atomic mass is 10.1. The highest BCUT2D eigenvalue weighted by molar-refractivity contribution is 6.02. The number of nitrogens with zero attached hydrogens (tertiary/aromatic N) is 1. The molecule has 96 valence electrons. The third kappa shape index (κ3) is 2.73. The SMILES string of the molecule is CC(NC(=O)c1cccc(N)c1[N+](=O)[O-])C(N)=O. The van der Waals surface area contributed by atoms with Crippen molar-refractivity contribution >= 4 is 23.2 Å². The Morgan fingerprint density at radius 1 is 1.44 bits per heavy atom. The molecule has 0 fully saturated rings. The van der Waals surface area contributed by atoms with E-state index in [4.69, 9.17) is 11.5 Å². The number of rotatable bonds is 4. The van der Waals surface area contributed by atoms with Crippen molar-refractivity contribution in [1.29, 1.82) is 0 Å². The minimum Gasteiger partial charge on any atom is -0.393 e. The second-order valence-electron chi connectivity index (χ2n) is 3.60. The van der Waals surface area contributed by atoms with E-state index >= 15 is 0 Å². The molecule has 2 amide bonds. The van der Waals surface area contributed by atoms with Crippen LogP contribution in [0, 0.1) is 10.1 Å². The van der Waals surface area contributed by atoms with Gasteiger partial charge in [-0.15, -0.1) is 0 Å². The molecule has 8 heteroatoms. The summed E-state index contributed by atoms with van der Waals surface area (Å²) in [4.78, 5) is 32.6. The molecule has 0 aromatic heterocycles. The maximum Gasteiger partial charge on any atom is 0.304 e. The summed E-state index contributed by atoms with van der Waals surface area (Å²) in [5, 5.41) is 13.1. The first-order valence-corrected chi connectivity index (χ1v) is 4.97. The molecular weight excluding hydrogens is 240 g/mol. The fourth-order valence-corrected chi connectivity index (χ4v) is 1.29. The van der Waals surface area contributed by atoms with Gasteiger partial charge in [0.1, 0.15) is 17.3 Å². The second-order valence-corrected chi connectivity index (χ2v) is 3.60. The van der Waals surface area contributed by atoms with Gasteiger partial charge in [0.15, 0.2) is 0 Å². The zero-order valence-corrected chi connectivity index (χ0v) is 9.54. The molecule has 0 saturated heterocycles. The summed E-state index contributed by atoms with van der Waals surface area (Å²) < 4.78 is 0. The van der Waals surface area contributed by atoms with Gasteiger partial charge in [-0.05, 0) is 19.1 Å². The Hall–Kier alpha value is -2.64. The van der Waals surface area contributed by atoms with Crippen LogP contribution >= 0.6 is 0 Å². The standard InChI is InChI=1S/C10H12N4O4/c1-5(9(12)15)13-10(16)6-3-2-4-7(11)8(6)14(17)18/h2-5H,11H2,1H3,(H2,12,15)(H,13,16). The van der Waals surface area contributed by atoms with Crippen LogP contribution in [0.3, 0.4) is 0 Å². The number of anilines is 1. The molecule has 1 atom stereocenters. The minimum atomic E-state index is -0.932. The monoisotopic (exact) mass is 252 g/mol.